The van der Waals surface area contributed by atoms with Crippen molar-refractivity contribution in [1.82, 2.24) is 9.80 Å². The zero-order valence-electron chi connectivity index (χ0n) is 12.8. The topological polar surface area (TPSA) is 58.8 Å². The molecule has 1 aromatic heterocycles. The molecule has 2 N–H and O–H groups in total. The Labute approximate surface area is 128 Å². The van der Waals surface area contributed by atoms with Gasteiger partial charge in [0.05, 0.1) is 18.2 Å². The van der Waals surface area contributed by atoms with Gasteiger partial charge in [-0.25, -0.2) is 0 Å². The van der Waals surface area contributed by atoms with Gasteiger partial charge < -0.3 is 20.3 Å². The summed E-state index contributed by atoms with van der Waals surface area (Å²) in [6.45, 7) is 1.48. The van der Waals surface area contributed by atoms with Crippen molar-refractivity contribution in [3.05, 3.63) is 23.1 Å². The third-order valence-corrected chi connectivity index (χ3v) is 4.52. The second-order valence-electron chi connectivity index (χ2n) is 5.21. The molecule has 0 aliphatic carbocycles. The maximum Gasteiger partial charge on any atom is 0.265 e. The lowest BCUT2D eigenvalue weighted by atomic mass is 10.2. The highest BCUT2D eigenvalue weighted by Crippen LogP contribution is 2.39. The number of methoxy groups -OCH3 is 1. The number of nitrogens with zero attached hydrogens (tertiary/aromatic N) is 2. The van der Waals surface area contributed by atoms with Crippen LogP contribution in [0.25, 0.3) is 10.1 Å². The molecule has 0 fully saturated rings. The van der Waals surface area contributed by atoms with Gasteiger partial charge in [0.15, 0.2) is 0 Å². The lowest BCUT2D eigenvalue weighted by Crippen LogP contribution is -2.33. The molecule has 5 nitrogen and oxygen atoms in total. The Balaban J connectivity index is 2.34. The van der Waals surface area contributed by atoms with Crippen LogP contribution in [0.1, 0.15) is 9.67 Å². The zero-order chi connectivity index (χ0) is 15.6. The van der Waals surface area contributed by atoms with E-state index in [0.717, 1.165) is 16.6 Å². The second kappa shape index (κ2) is 6.32. The number of carbonyl (C=O) groups excluding carboxylic acids is 1. The smallest absolute Gasteiger partial charge is 0.265 e. The molecule has 114 valence electrons. The molecule has 0 saturated heterocycles. The third kappa shape index (κ3) is 3.11. The summed E-state index contributed by atoms with van der Waals surface area (Å²) in [6.07, 6.45) is 0. The highest BCUT2D eigenvalue weighted by atomic mass is 32.1. The van der Waals surface area contributed by atoms with E-state index in [0.29, 0.717) is 22.9 Å². The van der Waals surface area contributed by atoms with E-state index < -0.39 is 0 Å². The number of thiophene rings is 1. The van der Waals surface area contributed by atoms with Gasteiger partial charge in [-0.1, -0.05) is 6.07 Å². The molecule has 0 bridgehead atoms. The van der Waals surface area contributed by atoms with E-state index in [-0.39, 0.29) is 5.91 Å². The molecule has 0 radical (unpaired) electrons. The van der Waals surface area contributed by atoms with Crippen molar-refractivity contribution in [2.45, 2.75) is 0 Å². The maximum absolute atomic E-state index is 12.5. The van der Waals surface area contributed by atoms with Crippen LogP contribution in [0, 0.1) is 0 Å². The van der Waals surface area contributed by atoms with Crippen LogP contribution in [0.5, 0.6) is 5.75 Å². The number of nitrogen functional groups attached to an aromatic ring is 1. The maximum atomic E-state index is 12.5. The number of benzene rings is 1. The predicted octanol–water partition coefficient (Wildman–Crippen LogP) is 2.13. The van der Waals surface area contributed by atoms with Gasteiger partial charge in [0.1, 0.15) is 10.6 Å². The van der Waals surface area contributed by atoms with Crippen molar-refractivity contribution in [2.75, 3.05) is 47.1 Å². The van der Waals surface area contributed by atoms with E-state index in [9.17, 15) is 4.79 Å². The number of anilines is 1. The van der Waals surface area contributed by atoms with Crippen molar-refractivity contribution in [3.8, 4) is 5.75 Å². The van der Waals surface area contributed by atoms with Crippen molar-refractivity contribution < 1.29 is 9.53 Å². The number of hydrogen-bond acceptors (Lipinski definition) is 5. The minimum atomic E-state index is -0.0439. The van der Waals surface area contributed by atoms with Gasteiger partial charge in [-0.2, -0.15) is 0 Å². The number of rotatable bonds is 5. The van der Waals surface area contributed by atoms with Gasteiger partial charge in [-0.05, 0) is 26.2 Å². The zero-order valence-corrected chi connectivity index (χ0v) is 13.7. The Hall–Kier alpha value is -1.79. The number of nitrogens with two attached hydrogens (primary N) is 1. The minimum Gasteiger partial charge on any atom is -0.496 e. The summed E-state index contributed by atoms with van der Waals surface area (Å²) < 4.78 is 6.30. The molecule has 1 aromatic carbocycles. The third-order valence-electron chi connectivity index (χ3n) is 3.36. The fourth-order valence-corrected chi connectivity index (χ4v) is 3.23. The Morgan fingerprint density at radius 1 is 1.29 bits per heavy atom. The van der Waals surface area contributed by atoms with Gasteiger partial charge >= 0.3 is 0 Å². The monoisotopic (exact) mass is 307 g/mol. The van der Waals surface area contributed by atoms with E-state index in [1.165, 1.54) is 11.3 Å². The molecule has 2 rings (SSSR count). The first-order valence-electron chi connectivity index (χ1n) is 6.71. The lowest BCUT2D eigenvalue weighted by Gasteiger charge is -2.19. The fourth-order valence-electron chi connectivity index (χ4n) is 2.09. The van der Waals surface area contributed by atoms with Crippen LogP contribution < -0.4 is 10.5 Å². The van der Waals surface area contributed by atoms with E-state index in [1.807, 2.05) is 37.2 Å². The van der Waals surface area contributed by atoms with Crippen molar-refractivity contribution >= 4 is 33.0 Å². The largest absolute Gasteiger partial charge is 0.496 e. The molecule has 21 heavy (non-hydrogen) atoms. The van der Waals surface area contributed by atoms with Gasteiger partial charge in [-0.15, -0.1) is 11.3 Å². The Morgan fingerprint density at radius 2 is 2.00 bits per heavy atom. The lowest BCUT2D eigenvalue weighted by molar-refractivity contribution is 0.0792. The molecule has 6 heteroatoms. The van der Waals surface area contributed by atoms with Crippen LogP contribution in [-0.2, 0) is 0 Å². The number of amides is 1. The minimum absolute atomic E-state index is 0.0439. The van der Waals surface area contributed by atoms with E-state index in [2.05, 4.69) is 0 Å². The Bertz CT molecular complexity index is 652. The van der Waals surface area contributed by atoms with Gasteiger partial charge in [-0.3, -0.25) is 4.79 Å². The number of ether oxygens (including phenoxy) is 1. The molecular weight excluding hydrogens is 286 g/mol. The second-order valence-corrected chi connectivity index (χ2v) is 6.26. The molecule has 0 spiro atoms. The summed E-state index contributed by atoms with van der Waals surface area (Å²) in [5.41, 5.74) is 6.69. The van der Waals surface area contributed by atoms with Gasteiger partial charge in [0, 0.05) is 24.8 Å². The average Bonchev–Trinajstić information content (AvgIpc) is 2.81. The van der Waals surface area contributed by atoms with Crippen LogP contribution >= 0.6 is 11.3 Å². The molecule has 2 aromatic rings. The first-order chi connectivity index (χ1) is 9.95. The summed E-state index contributed by atoms with van der Waals surface area (Å²) in [7, 11) is 7.37. The molecule has 0 atom stereocenters. The van der Waals surface area contributed by atoms with Crippen molar-refractivity contribution in [3.63, 3.8) is 0 Å². The molecule has 0 unspecified atom stereocenters. The highest BCUT2D eigenvalue weighted by molar-refractivity contribution is 7.21. The van der Waals surface area contributed by atoms with Crippen LogP contribution in [0.15, 0.2) is 18.2 Å². The standard InChI is InChI=1S/C15H21N3O2S/c1-17(2)8-9-18(3)15(19)14-13(16)12-10(20-4)6-5-7-11(12)21-14/h5-7H,8-9,16H2,1-4H3. The van der Waals surface area contributed by atoms with Crippen molar-refractivity contribution in [2.24, 2.45) is 0 Å². The van der Waals surface area contributed by atoms with E-state index in [4.69, 9.17) is 10.5 Å². The summed E-state index contributed by atoms with van der Waals surface area (Å²) in [6, 6.07) is 5.71. The van der Waals surface area contributed by atoms with Crippen LogP contribution in [0.2, 0.25) is 0 Å². The highest BCUT2D eigenvalue weighted by Gasteiger charge is 2.21. The summed E-state index contributed by atoms with van der Waals surface area (Å²) in [5, 5.41) is 0.828. The summed E-state index contributed by atoms with van der Waals surface area (Å²) in [4.78, 5) is 16.9. The summed E-state index contributed by atoms with van der Waals surface area (Å²) in [5.74, 6) is 0.661. The van der Waals surface area contributed by atoms with Gasteiger partial charge in [0.25, 0.3) is 5.91 Å². The van der Waals surface area contributed by atoms with E-state index >= 15 is 0 Å². The number of likely N-dealkylation sites (N-methyl/N-ethyl adjacent to an activating group) is 2. The van der Waals surface area contributed by atoms with Gasteiger partial charge in [0.2, 0.25) is 0 Å². The SMILES string of the molecule is COc1cccc2sc(C(=O)N(C)CCN(C)C)c(N)c12. The molecular formula is C15H21N3O2S. The number of hydrogen-bond donors (Lipinski definition) is 1. The van der Waals surface area contributed by atoms with Crippen molar-refractivity contribution in [1.29, 1.82) is 0 Å². The normalized spacial score (nSPS) is 11.1. The molecule has 1 heterocycles. The molecule has 0 aliphatic heterocycles. The molecule has 0 aliphatic rings. The van der Waals surface area contributed by atoms with Crippen LogP contribution in [-0.4, -0.2) is 57.0 Å². The van der Waals surface area contributed by atoms with Crippen LogP contribution in [0.3, 0.4) is 0 Å². The summed E-state index contributed by atoms with van der Waals surface area (Å²) >= 11 is 1.41. The fraction of sp³-hybridized carbons (Fsp3) is 0.400. The van der Waals surface area contributed by atoms with E-state index in [1.54, 1.807) is 19.1 Å². The predicted molar refractivity (Wildman–Crippen MR) is 88.3 cm³/mol. The number of fused-ring (bicyclic) bond motifs is 1. The Kier molecular flexibility index (Phi) is 4.69. The molecule has 1 amide bonds. The first kappa shape index (κ1) is 15.6. The average molecular weight is 307 g/mol. The molecule has 0 saturated carbocycles. The van der Waals surface area contributed by atoms with Crippen LogP contribution in [0.4, 0.5) is 5.69 Å². The first-order valence-corrected chi connectivity index (χ1v) is 7.52. The Morgan fingerprint density at radius 3 is 2.62 bits per heavy atom. The quantitative estimate of drug-likeness (QED) is 0.919. The number of carbonyl (C=O) groups is 1.